The van der Waals surface area contributed by atoms with E-state index in [1.807, 2.05) is 0 Å². The number of benzene rings is 2. The van der Waals surface area contributed by atoms with Crippen LogP contribution in [-0.4, -0.2) is 41.3 Å². The number of ether oxygens (including phenoxy) is 3. The molecule has 3 aromatic rings. The average Bonchev–Trinajstić information content (AvgIpc) is 3.62. The number of hydrogen-bond donors (Lipinski definition) is 4. The number of hydrogen-bond acceptors (Lipinski definition) is 7. The number of urea groups is 1. The van der Waals surface area contributed by atoms with Crippen LogP contribution in [0.2, 0.25) is 0 Å². The molecule has 41 heavy (non-hydrogen) atoms. The second-order valence-electron chi connectivity index (χ2n) is 10.5. The first-order valence-corrected chi connectivity index (χ1v) is 12.7. The molecule has 4 amide bonds. The average molecular weight is 568 g/mol. The van der Waals surface area contributed by atoms with Crippen LogP contribution in [0.15, 0.2) is 54.7 Å². The monoisotopic (exact) mass is 567 g/mol. The molecule has 0 spiro atoms. The molecular weight excluding hydrogens is 540 g/mol. The van der Waals surface area contributed by atoms with Gasteiger partial charge in [0.25, 0.3) is 5.91 Å². The SMILES string of the molecule is CC(C)(C)OC(=O)NNC(=O)c1ccc(Oc2ccc(NC(=O)N[C@@H]3[C@H]4COc5c(F)ccc(F)c5[C@H]43)nc2)cc1. The third kappa shape index (κ3) is 6.45. The number of amides is 4. The third-order valence-corrected chi connectivity index (χ3v) is 6.32. The van der Waals surface area contributed by atoms with Crippen molar-refractivity contribution in [2.45, 2.75) is 38.3 Å². The van der Waals surface area contributed by atoms with Gasteiger partial charge in [0, 0.05) is 29.0 Å². The van der Waals surface area contributed by atoms with Gasteiger partial charge in [0.15, 0.2) is 11.6 Å². The fourth-order valence-electron chi connectivity index (χ4n) is 4.47. The summed E-state index contributed by atoms with van der Waals surface area (Å²) in [7, 11) is 0. The molecule has 0 saturated heterocycles. The topological polar surface area (TPSA) is 140 Å². The number of fused-ring (bicyclic) bond motifs is 3. The van der Waals surface area contributed by atoms with Crippen LogP contribution in [0, 0.1) is 17.6 Å². The van der Waals surface area contributed by atoms with Crippen LogP contribution in [0.3, 0.4) is 0 Å². The van der Waals surface area contributed by atoms with Crippen LogP contribution >= 0.6 is 0 Å². The van der Waals surface area contributed by atoms with E-state index in [4.69, 9.17) is 14.2 Å². The Balaban J connectivity index is 1.10. The number of nitrogens with zero attached hydrogens (tertiary/aromatic N) is 1. The van der Waals surface area contributed by atoms with Gasteiger partial charge in [0.2, 0.25) is 0 Å². The van der Waals surface area contributed by atoms with E-state index in [9.17, 15) is 23.2 Å². The van der Waals surface area contributed by atoms with Crippen molar-refractivity contribution in [3.8, 4) is 17.2 Å². The molecular formula is C28H27F2N5O6. The fourth-order valence-corrected chi connectivity index (χ4v) is 4.47. The van der Waals surface area contributed by atoms with Gasteiger partial charge in [-0.2, -0.15) is 0 Å². The molecule has 1 fully saturated rings. The zero-order valence-corrected chi connectivity index (χ0v) is 22.3. The summed E-state index contributed by atoms with van der Waals surface area (Å²) >= 11 is 0. The standard InChI is InChI=1S/C28H27F2N5O6/c1-28(2,3)41-27(38)35-34-25(36)14-4-6-15(7-5-14)40-16-8-11-20(31-12-16)32-26(37)33-23-17-13-39-24-19(30)10-9-18(29)22(24)21(17)23/h4-12,17,21,23H,13H2,1-3H3,(H,34,36)(H,35,38)(H2,31,32,33,37)/t17-,21-,23+/m0/s1. The number of anilines is 1. The number of aromatic nitrogens is 1. The van der Waals surface area contributed by atoms with Crippen molar-refractivity contribution in [1.29, 1.82) is 0 Å². The first-order chi connectivity index (χ1) is 19.5. The van der Waals surface area contributed by atoms with E-state index in [-0.39, 0.29) is 41.1 Å². The first kappa shape index (κ1) is 27.6. The van der Waals surface area contributed by atoms with Gasteiger partial charge in [-0.05, 0) is 69.3 Å². The van der Waals surface area contributed by atoms with Gasteiger partial charge in [0.1, 0.15) is 28.7 Å². The maximum Gasteiger partial charge on any atom is 0.426 e. The molecule has 2 heterocycles. The molecule has 1 aromatic heterocycles. The lowest BCUT2D eigenvalue weighted by molar-refractivity contribution is 0.0483. The summed E-state index contributed by atoms with van der Waals surface area (Å²) in [5.41, 5.74) is 4.16. The van der Waals surface area contributed by atoms with Gasteiger partial charge in [-0.1, -0.05) is 0 Å². The summed E-state index contributed by atoms with van der Waals surface area (Å²) in [5.74, 6) is -1.30. The molecule has 1 saturated carbocycles. The Bertz CT molecular complexity index is 1480. The Kier molecular flexibility index (Phi) is 7.35. The second kappa shape index (κ2) is 10.9. The Labute approximate surface area is 233 Å². The molecule has 4 N–H and O–H groups in total. The number of halogens is 2. The number of pyridine rings is 1. The number of carbonyl (C=O) groups excluding carboxylic acids is 3. The highest BCUT2D eigenvalue weighted by Crippen LogP contribution is 2.55. The van der Waals surface area contributed by atoms with Crippen molar-refractivity contribution in [3.05, 3.63) is 77.5 Å². The van der Waals surface area contributed by atoms with E-state index in [2.05, 4.69) is 26.5 Å². The maximum atomic E-state index is 14.3. The Morgan fingerprint density at radius 1 is 0.951 bits per heavy atom. The molecule has 0 radical (unpaired) electrons. The molecule has 1 aliphatic carbocycles. The summed E-state index contributed by atoms with van der Waals surface area (Å²) in [5, 5.41) is 5.38. The lowest BCUT2D eigenvalue weighted by atomic mass is 10.0. The molecule has 13 heteroatoms. The van der Waals surface area contributed by atoms with Crippen molar-refractivity contribution in [3.63, 3.8) is 0 Å². The molecule has 214 valence electrons. The third-order valence-electron chi connectivity index (χ3n) is 6.32. The van der Waals surface area contributed by atoms with E-state index in [1.165, 1.54) is 24.4 Å². The van der Waals surface area contributed by atoms with E-state index in [0.29, 0.717) is 11.5 Å². The Morgan fingerprint density at radius 2 is 1.66 bits per heavy atom. The summed E-state index contributed by atoms with van der Waals surface area (Å²) in [6.45, 7) is 5.29. The van der Waals surface area contributed by atoms with E-state index in [1.54, 1.807) is 39.0 Å². The summed E-state index contributed by atoms with van der Waals surface area (Å²) < 4.78 is 44.5. The number of carbonyl (C=O) groups is 3. The largest absolute Gasteiger partial charge is 0.490 e. The molecule has 2 aliphatic rings. The molecule has 2 aromatic carbocycles. The van der Waals surface area contributed by atoms with E-state index < -0.39 is 41.3 Å². The van der Waals surface area contributed by atoms with Gasteiger partial charge in [-0.15, -0.1) is 0 Å². The van der Waals surface area contributed by atoms with Crippen LogP contribution in [0.1, 0.15) is 42.6 Å². The van der Waals surface area contributed by atoms with Crippen molar-refractivity contribution >= 4 is 23.8 Å². The van der Waals surface area contributed by atoms with Crippen LogP contribution in [0.4, 0.5) is 24.2 Å². The molecule has 5 rings (SSSR count). The quantitative estimate of drug-likeness (QED) is 0.330. The zero-order chi connectivity index (χ0) is 29.3. The normalized spacial score (nSPS) is 18.5. The predicted octanol–water partition coefficient (Wildman–Crippen LogP) is 4.62. The molecule has 1 aliphatic heterocycles. The molecule has 0 unspecified atom stereocenters. The summed E-state index contributed by atoms with van der Waals surface area (Å²) in [4.78, 5) is 40.6. The lowest BCUT2D eigenvalue weighted by Gasteiger charge is -2.19. The van der Waals surface area contributed by atoms with E-state index >= 15 is 0 Å². The van der Waals surface area contributed by atoms with Crippen LogP contribution in [0.5, 0.6) is 17.2 Å². The van der Waals surface area contributed by atoms with Gasteiger partial charge in [-0.25, -0.2) is 28.8 Å². The van der Waals surface area contributed by atoms with Crippen molar-refractivity contribution in [2.75, 3.05) is 11.9 Å². The predicted molar refractivity (Wildman–Crippen MR) is 142 cm³/mol. The Hall–Kier alpha value is -4.94. The smallest absolute Gasteiger partial charge is 0.426 e. The highest BCUT2D eigenvalue weighted by molar-refractivity contribution is 5.95. The highest BCUT2D eigenvalue weighted by Gasteiger charge is 2.57. The lowest BCUT2D eigenvalue weighted by Crippen LogP contribution is -2.44. The summed E-state index contributed by atoms with van der Waals surface area (Å²) in [6, 6.07) is 10.4. The minimum Gasteiger partial charge on any atom is -0.490 e. The van der Waals surface area contributed by atoms with E-state index in [0.717, 1.165) is 12.1 Å². The van der Waals surface area contributed by atoms with Crippen LogP contribution in [-0.2, 0) is 4.74 Å². The number of nitrogens with one attached hydrogen (secondary N) is 4. The molecule has 11 nitrogen and oxygen atoms in total. The van der Waals surface area contributed by atoms with Crippen LogP contribution in [0.25, 0.3) is 0 Å². The van der Waals surface area contributed by atoms with Crippen molar-refractivity contribution < 1.29 is 37.4 Å². The zero-order valence-electron chi connectivity index (χ0n) is 22.3. The van der Waals surface area contributed by atoms with Gasteiger partial charge < -0.3 is 19.5 Å². The number of rotatable bonds is 5. The van der Waals surface area contributed by atoms with Gasteiger partial charge >= 0.3 is 12.1 Å². The minimum atomic E-state index is -0.785. The van der Waals surface area contributed by atoms with Crippen molar-refractivity contribution in [2.24, 2.45) is 5.92 Å². The highest BCUT2D eigenvalue weighted by atomic mass is 19.1. The Morgan fingerprint density at radius 3 is 2.34 bits per heavy atom. The summed E-state index contributed by atoms with van der Waals surface area (Å²) in [6.07, 6.45) is 0.617. The van der Waals surface area contributed by atoms with Crippen molar-refractivity contribution in [1.82, 2.24) is 21.2 Å². The molecule has 0 bridgehead atoms. The molecule has 3 atom stereocenters. The van der Waals surface area contributed by atoms with Crippen LogP contribution < -0.4 is 31.0 Å². The minimum absolute atomic E-state index is 0.0960. The fraction of sp³-hybridized carbons (Fsp3) is 0.286. The number of hydrazine groups is 1. The second-order valence-corrected chi connectivity index (χ2v) is 10.5. The van der Waals surface area contributed by atoms with Gasteiger partial charge in [-0.3, -0.25) is 15.5 Å². The first-order valence-electron chi connectivity index (χ1n) is 12.7. The van der Waals surface area contributed by atoms with Gasteiger partial charge in [0.05, 0.1) is 12.8 Å². The maximum absolute atomic E-state index is 14.3.